The third kappa shape index (κ3) is 6.06. The molecule has 5 heteroatoms. The van der Waals surface area contributed by atoms with Gasteiger partial charge in [-0.25, -0.2) is 15.0 Å². The summed E-state index contributed by atoms with van der Waals surface area (Å²) in [5.74, 6) is 1.65. The van der Waals surface area contributed by atoms with Gasteiger partial charge in [0, 0.05) is 37.9 Å². The molecule has 8 aromatic carbocycles. The van der Waals surface area contributed by atoms with Crippen molar-refractivity contribution in [2.75, 3.05) is 0 Å². The van der Waals surface area contributed by atoms with E-state index in [0.29, 0.717) is 0 Å². The normalized spacial score (nSPS) is 11.4. The highest BCUT2D eigenvalue weighted by molar-refractivity contribution is 7.25. The lowest BCUT2D eigenvalue weighted by Crippen LogP contribution is -1.97. The molecule has 0 saturated carbocycles. The molecule has 0 atom stereocenters. The molecule has 11 rings (SSSR count). The summed E-state index contributed by atoms with van der Waals surface area (Å²) in [5.41, 5.74) is 14.1. The van der Waals surface area contributed by atoms with E-state index in [2.05, 4.69) is 193 Å². The Morgan fingerprint density at radius 1 is 0.379 bits per heavy atom. The Labute approximate surface area is 340 Å². The van der Waals surface area contributed by atoms with Gasteiger partial charge in [0.1, 0.15) is 10.7 Å². The fourth-order valence-electron chi connectivity index (χ4n) is 8.05. The van der Waals surface area contributed by atoms with E-state index in [1.807, 2.05) is 18.2 Å². The van der Waals surface area contributed by atoms with Crippen molar-refractivity contribution < 1.29 is 0 Å². The van der Waals surface area contributed by atoms with Crippen LogP contribution in [0.3, 0.4) is 0 Å². The van der Waals surface area contributed by atoms with Gasteiger partial charge in [-0.3, -0.25) is 4.57 Å². The number of fused-ring (bicyclic) bond motifs is 4. The molecule has 0 amide bonds. The van der Waals surface area contributed by atoms with Gasteiger partial charge in [0.2, 0.25) is 0 Å². The van der Waals surface area contributed by atoms with Gasteiger partial charge in [0.05, 0.1) is 16.7 Å². The molecule has 4 nitrogen and oxygen atoms in total. The van der Waals surface area contributed by atoms with E-state index < -0.39 is 0 Å². The maximum atomic E-state index is 5.25. The van der Waals surface area contributed by atoms with Crippen LogP contribution in [0.5, 0.6) is 0 Å². The fourth-order valence-corrected chi connectivity index (χ4v) is 9.12. The van der Waals surface area contributed by atoms with Crippen molar-refractivity contribution in [1.29, 1.82) is 0 Å². The molecule has 0 aliphatic carbocycles. The molecule has 0 spiro atoms. The monoisotopic (exact) mass is 758 g/mol. The second kappa shape index (κ2) is 14.2. The van der Waals surface area contributed by atoms with E-state index in [1.165, 1.54) is 10.1 Å². The molecule has 0 aliphatic heterocycles. The maximum Gasteiger partial charge on any atom is 0.161 e. The van der Waals surface area contributed by atoms with Gasteiger partial charge in [0.25, 0.3) is 0 Å². The lowest BCUT2D eigenvalue weighted by atomic mass is 9.95. The van der Waals surface area contributed by atoms with Gasteiger partial charge in [0.15, 0.2) is 5.82 Å². The average Bonchev–Trinajstić information content (AvgIpc) is 3.89. The number of nitrogens with zero attached hydrogens (tertiary/aromatic N) is 4. The zero-order chi connectivity index (χ0) is 38.4. The summed E-state index contributed by atoms with van der Waals surface area (Å²) in [6.07, 6.45) is 0. The van der Waals surface area contributed by atoms with Crippen LogP contribution < -0.4 is 0 Å². The van der Waals surface area contributed by atoms with E-state index in [9.17, 15) is 0 Å². The molecule has 0 bridgehead atoms. The molecule has 0 unspecified atom stereocenters. The molecular formula is C53H34N4S. The first kappa shape index (κ1) is 33.8. The summed E-state index contributed by atoms with van der Waals surface area (Å²) >= 11 is 1.72. The summed E-state index contributed by atoms with van der Waals surface area (Å²) in [6.45, 7) is 0. The van der Waals surface area contributed by atoms with Crippen LogP contribution in [0.4, 0.5) is 0 Å². The third-order valence-corrected chi connectivity index (χ3v) is 11.9. The van der Waals surface area contributed by atoms with Gasteiger partial charge in [-0.05, 0) is 88.0 Å². The number of rotatable bonds is 7. The lowest BCUT2D eigenvalue weighted by Gasteiger charge is -2.12. The Bertz CT molecular complexity index is 3290. The smallest absolute Gasteiger partial charge is 0.161 e. The lowest BCUT2D eigenvalue weighted by molar-refractivity contribution is 1.10. The predicted octanol–water partition coefficient (Wildman–Crippen LogP) is 14.2. The minimum atomic E-state index is 0.727. The van der Waals surface area contributed by atoms with Gasteiger partial charge >= 0.3 is 0 Å². The standard InChI is InChI=1S/C53H34N4S/c1-3-15-35(16-4-1)50-49-45-27-7-10-30-48(45)58-53(49)56-51(55-50)42-23-13-21-40(33-42)38-19-11-17-36(31-38)37-18-12-20-39(32-37)41-22-14-24-43(34-41)52-54-46-28-8-9-29-47(46)57(52)44-25-5-2-6-26-44/h1-34H. The van der Waals surface area contributed by atoms with Crippen LogP contribution in [0, 0.1) is 0 Å². The highest BCUT2D eigenvalue weighted by atomic mass is 32.1. The molecule has 0 radical (unpaired) electrons. The number of thiophene rings is 1. The minimum Gasteiger partial charge on any atom is -0.292 e. The van der Waals surface area contributed by atoms with E-state index in [4.69, 9.17) is 15.0 Å². The van der Waals surface area contributed by atoms with E-state index in [0.717, 1.165) is 94.4 Å². The molecule has 0 N–H and O–H groups in total. The van der Waals surface area contributed by atoms with Crippen molar-refractivity contribution in [3.05, 3.63) is 206 Å². The Kier molecular flexibility index (Phi) is 8.30. The quantitative estimate of drug-likeness (QED) is 0.163. The van der Waals surface area contributed by atoms with Gasteiger partial charge in [-0.1, -0.05) is 152 Å². The van der Waals surface area contributed by atoms with Crippen molar-refractivity contribution in [2.45, 2.75) is 0 Å². The van der Waals surface area contributed by atoms with Gasteiger partial charge in [-0.2, -0.15) is 0 Å². The number of hydrogen-bond donors (Lipinski definition) is 0. The second-order valence-electron chi connectivity index (χ2n) is 14.5. The Hall–Kier alpha value is -7.47. The topological polar surface area (TPSA) is 43.6 Å². The van der Waals surface area contributed by atoms with Crippen molar-refractivity contribution in [1.82, 2.24) is 19.5 Å². The fraction of sp³-hybridized carbons (Fsp3) is 0. The number of imidazole rings is 1. The van der Waals surface area contributed by atoms with Crippen LogP contribution in [0.25, 0.3) is 104 Å². The Morgan fingerprint density at radius 2 is 0.879 bits per heavy atom. The molecule has 3 heterocycles. The van der Waals surface area contributed by atoms with E-state index in [-0.39, 0.29) is 0 Å². The van der Waals surface area contributed by atoms with Gasteiger partial charge in [-0.15, -0.1) is 11.3 Å². The first-order valence-corrected chi connectivity index (χ1v) is 20.2. The van der Waals surface area contributed by atoms with Gasteiger partial charge < -0.3 is 0 Å². The third-order valence-electron chi connectivity index (χ3n) is 10.8. The van der Waals surface area contributed by atoms with E-state index in [1.54, 1.807) is 11.3 Å². The zero-order valence-electron chi connectivity index (χ0n) is 31.3. The number of benzene rings is 8. The largest absolute Gasteiger partial charge is 0.292 e. The molecule has 11 aromatic rings. The van der Waals surface area contributed by atoms with Crippen LogP contribution in [-0.2, 0) is 0 Å². The van der Waals surface area contributed by atoms with Crippen molar-refractivity contribution in [3.63, 3.8) is 0 Å². The van der Waals surface area contributed by atoms with Crippen LogP contribution in [-0.4, -0.2) is 19.5 Å². The molecule has 3 aromatic heterocycles. The van der Waals surface area contributed by atoms with Crippen molar-refractivity contribution >= 4 is 42.7 Å². The average molecular weight is 759 g/mol. The maximum absolute atomic E-state index is 5.25. The first-order valence-electron chi connectivity index (χ1n) is 19.4. The summed E-state index contributed by atoms with van der Waals surface area (Å²) in [5, 5.41) is 2.31. The van der Waals surface area contributed by atoms with Crippen LogP contribution in [0.1, 0.15) is 0 Å². The number of hydrogen-bond acceptors (Lipinski definition) is 4. The number of para-hydroxylation sites is 3. The molecular weight excluding hydrogens is 725 g/mol. The van der Waals surface area contributed by atoms with Crippen LogP contribution >= 0.6 is 11.3 Å². The highest BCUT2D eigenvalue weighted by Gasteiger charge is 2.18. The zero-order valence-corrected chi connectivity index (χ0v) is 32.1. The Balaban J connectivity index is 0.944. The predicted molar refractivity (Wildman–Crippen MR) is 242 cm³/mol. The minimum absolute atomic E-state index is 0.727. The second-order valence-corrected chi connectivity index (χ2v) is 15.5. The molecule has 272 valence electrons. The molecule has 58 heavy (non-hydrogen) atoms. The first-order chi connectivity index (χ1) is 28.7. The highest BCUT2D eigenvalue weighted by Crippen LogP contribution is 2.40. The SMILES string of the molecule is c1ccc(-c2nc(-c3cccc(-c4cccc(-c5cccc(-c6cccc(-c7nc8ccccc8n7-c7ccccc7)c6)c5)c4)c3)nc3sc4ccccc4c23)cc1. The molecule has 0 aliphatic rings. The van der Waals surface area contributed by atoms with Crippen molar-refractivity contribution in [2.24, 2.45) is 0 Å². The summed E-state index contributed by atoms with van der Waals surface area (Å²) in [7, 11) is 0. The summed E-state index contributed by atoms with van der Waals surface area (Å²) < 4.78 is 3.47. The van der Waals surface area contributed by atoms with E-state index >= 15 is 0 Å². The van der Waals surface area contributed by atoms with Crippen LogP contribution in [0.15, 0.2) is 206 Å². The summed E-state index contributed by atoms with van der Waals surface area (Å²) in [6, 6.07) is 72.7. The van der Waals surface area contributed by atoms with Crippen molar-refractivity contribution in [3.8, 4) is 73.1 Å². The summed E-state index contributed by atoms with van der Waals surface area (Å²) in [4.78, 5) is 16.5. The molecule has 0 saturated heterocycles. The molecule has 0 fully saturated rings. The Morgan fingerprint density at radius 3 is 1.55 bits per heavy atom. The van der Waals surface area contributed by atoms with Crippen LogP contribution in [0.2, 0.25) is 0 Å². The number of aromatic nitrogens is 4.